The predicted octanol–water partition coefficient (Wildman–Crippen LogP) is 5.08. The lowest BCUT2D eigenvalue weighted by atomic mass is 10.1. The fourth-order valence-corrected chi connectivity index (χ4v) is 2.89. The third-order valence-electron chi connectivity index (χ3n) is 4.50. The van der Waals surface area contributed by atoms with Gasteiger partial charge in [0, 0.05) is 23.4 Å². The normalized spacial score (nSPS) is 10.6. The Bertz CT molecular complexity index is 1150. The molecule has 0 aliphatic carbocycles. The Balaban J connectivity index is 1.40. The molecule has 0 spiro atoms. The number of furan rings is 1. The standard InChI is InChI=1S/C24H21N3O3/c1-16-3-6-18(7-4-16)23-25-14-13-22(27-23)30-20-11-8-19(9-12-20)24(28)26-15-21-10-5-17(2)29-21/h3-14H,15H2,1-2H3,(H,26,28). The fraction of sp³-hybridized carbons (Fsp3) is 0.125. The van der Waals surface area contributed by atoms with Gasteiger partial charge in [-0.25, -0.2) is 4.98 Å². The molecule has 2 aromatic heterocycles. The van der Waals surface area contributed by atoms with Crippen LogP contribution in [0.3, 0.4) is 0 Å². The van der Waals surface area contributed by atoms with Crippen molar-refractivity contribution in [3.63, 3.8) is 0 Å². The molecule has 2 heterocycles. The molecule has 0 radical (unpaired) electrons. The van der Waals surface area contributed by atoms with E-state index in [0.29, 0.717) is 35.3 Å². The van der Waals surface area contributed by atoms with Crippen LogP contribution in [0.4, 0.5) is 0 Å². The van der Waals surface area contributed by atoms with Gasteiger partial charge in [0.2, 0.25) is 5.88 Å². The van der Waals surface area contributed by atoms with Gasteiger partial charge in [-0.15, -0.1) is 0 Å². The first-order valence-corrected chi connectivity index (χ1v) is 9.58. The summed E-state index contributed by atoms with van der Waals surface area (Å²) in [5.74, 6) is 2.97. The van der Waals surface area contributed by atoms with Crippen LogP contribution in [0.5, 0.6) is 11.6 Å². The van der Waals surface area contributed by atoms with E-state index >= 15 is 0 Å². The molecule has 6 heteroatoms. The van der Waals surface area contributed by atoms with Crippen LogP contribution in [-0.2, 0) is 6.54 Å². The minimum absolute atomic E-state index is 0.181. The Morgan fingerprint density at radius 3 is 2.43 bits per heavy atom. The van der Waals surface area contributed by atoms with Crippen molar-refractivity contribution in [2.45, 2.75) is 20.4 Å². The molecule has 1 amide bonds. The fourth-order valence-electron chi connectivity index (χ4n) is 2.89. The van der Waals surface area contributed by atoms with Gasteiger partial charge in [0.1, 0.15) is 17.3 Å². The first kappa shape index (κ1) is 19.4. The SMILES string of the molecule is Cc1ccc(-c2nccc(Oc3ccc(C(=O)NCc4ccc(C)o4)cc3)n2)cc1. The van der Waals surface area contributed by atoms with E-state index in [1.807, 2.05) is 50.2 Å². The molecule has 0 aliphatic rings. The lowest BCUT2D eigenvalue weighted by Gasteiger charge is -2.08. The van der Waals surface area contributed by atoms with Gasteiger partial charge >= 0.3 is 0 Å². The Hall–Kier alpha value is -3.93. The highest BCUT2D eigenvalue weighted by Gasteiger charge is 2.08. The topological polar surface area (TPSA) is 77.2 Å². The summed E-state index contributed by atoms with van der Waals surface area (Å²) in [4.78, 5) is 21.1. The number of carbonyl (C=O) groups excluding carboxylic acids is 1. The first-order chi connectivity index (χ1) is 14.6. The van der Waals surface area contributed by atoms with Gasteiger partial charge < -0.3 is 14.5 Å². The summed E-state index contributed by atoms with van der Waals surface area (Å²) < 4.78 is 11.3. The maximum atomic E-state index is 12.3. The van der Waals surface area contributed by atoms with Crippen molar-refractivity contribution >= 4 is 5.91 Å². The molecule has 150 valence electrons. The first-order valence-electron chi connectivity index (χ1n) is 9.58. The predicted molar refractivity (Wildman–Crippen MR) is 113 cm³/mol. The van der Waals surface area contributed by atoms with Crippen LogP contribution in [0.1, 0.15) is 27.4 Å². The molecule has 0 bridgehead atoms. The van der Waals surface area contributed by atoms with E-state index in [0.717, 1.165) is 11.3 Å². The highest BCUT2D eigenvalue weighted by Crippen LogP contribution is 2.23. The van der Waals surface area contributed by atoms with Crippen LogP contribution in [0, 0.1) is 13.8 Å². The number of ether oxygens (including phenoxy) is 1. The van der Waals surface area contributed by atoms with Crippen molar-refractivity contribution in [2.24, 2.45) is 0 Å². The van der Waals surface area contributed by atoms with Crippen LogP contribution < -0.4 is 10.1 Å². The number of hydrogen-bond donors (Lipinski definition) is 1. The van der Waals surface area contributed by atoms with E-state index < -0.39 is 0 Å². The van der Waals surface area contributed by atoms with E-state index in [2.05, 4.69) is 15.3 Å². The number of rotatable bonds is 6. The monoisotopic (exact) mass is 399 g/mol. The Morgan fingerprint density at radius 1 is 0.967 bits per heavy atom. The van der Waals surface area contributed by atoms with Crippen molar-refractivity contribution < 1.29 is 13.9 Å². The van der Waals surface area contributed by atoms with Crippen molar-refractivity contribution in [1.29, 1.82) is 0 Å². The number of nitrogens with zero attached hydrogens (tertiary/aromatic N) is 2. The van der Waals surface area contributed by atoms with Gasteiger partial charge in [-0.05, 0) is 50.2 Å². The third-order valence-corrected chi connectivity index (χ3v) is 4.50. The number of nitrogens with one attached hydrogen (secondary N) is 1. The molecule has 0 aliphatic heterocycles. The molecule has 0 saturated heterocycles. The highest BCUT2D eigenvalue weighted by molar-refractivity contribution is 5.94. The summed E-state index contributed by atoms with van der Waals surface area (Å²) in [5.41, 5.74) is 2.63. The van der Waals surface area contributed by atoms with Crippen LogP contribution in [0.15, 0.2) is 77.3 Å². The van der Waals surface area contributed by atoms with Crippen LogP contribution in [0.25, 0.3) is 11.4 Å². The third kappa shape index (κ3) is 4.72. The molecule has 6 nitrogen and oxygen atoms in total. The summed E-state index contributed by atoms with van der Waals surface area (Å²) in [6.45, 7) is 4.24. The Labute approximate surface area is 174 Å². The lowest BCUT2D eigenvalue weighted by molar-refractivity contribution is 0.0948. The van der Waals surface area contributed by atoms with Gasteiger partial charge in [-0.1, -0.05) is 29.8 Å². The van der Waals surface area contributed by atoms with Crippen LogP contribution >= 0.6 is 0 Å². The summed E-state index contributed by atoms with van der Waals surface area (Å²) in [7, 11) is 0. The van der Waals surface area contributed by atoms with Crippen LogP contribution in [0.2, 0.25) is 0 Å². The van der Waals surface area contributed by atoms with Crippen molar-refractivity contribution in [1.82, 2.24) is 15.3 Å². The lowest BCUT2D eigenvalue weighted by Crippen LogP contribution is -2.22. The number of aromatic nitrogens is 2. The molecule has 1 N–H and O–H groups in total. The van der Waals surface area contributed by atoms with Gasteiger partial charge in [-0.3, -0.25) is 4.79 Å². The minimum atomic E-state index is -0.181. The maximum absolute atomic E-state index is 12.3. The van der Waals surface area contributed by atoms with Gasteiger partial charge in [0.25, 0.3) is 5.91 Å². The van der Waals surface area contributed by atoms with Crippen molar-refractivity contribution in [3.8, 4) is 23.0 Å². The average molecular weight is 399 g/mol. The minimum Gasteiger partial charge on any atom is -0.465 e. The Kier molecular flexibility index (Phi) is 5.57. The molecule has 4 rings (SSSR count). The van der Waals surface area contributed by atoms with Gasteiger partial charge in [0.15, 0.2) is 5.82 Å². The summed E-state index contributed by atoms with van der Waals surface area (Å²) in [5, 5.41) is 2.83. The molecule has 0 unspecified atom stereocenters. The quantitative estimate of drug-likeness (QED) is 0.489. The zero-order chi connectivity index (χ0) is 20.9. The van der Waals surface area contributed by atoms with Gasteiger partial charge in [-0.2, -0.15) is 4.98 Å². The molecule has 4 aromatic rings. The molecular weight excluding hydrogens is 378 g/mol. The number of carbonyl (C=O) groups is 1. The van der Waals surface area contributed by atoms with Crippen molar-refractivity contribution in [2.75, 3.05) is 0 Å². The van der Waals surface area contributed by atoms with E-state index in [9.17, 15) is 4.79 Å². The highest BCUT2D eigenvalue weighted by atomic mass is 16.5. The summed E-state index contributed by atoms with van der Waals surface area (Å²) >= 11 is 0. The Morgan fingerprint density at radius 2 is 1.73 bits per heavy atom. The zero-order valence-corrected chi connectivity index (χ0v) is 16.8. The zero-order valence-electron chi connectivity index (χ0n) is 16.8. The molecular formula is C24H21N3O3. The van der Waals surface area contributed by atoms with E-state index in [-0.39, 0.29) is 5.91 Å². The second kappa shape index (κ2) is 8.61. The van der Waals surface area contributed by atoms with E-state index in [4.69, 9.17) is 9.15 Å². The second-order valence-corrected chi connectivity index (χ2v) is 6.91. The molecule has 0 saturated carbocycles. The molecule has 2 aromatic carbocycles. The van der Waals surface area contributed by atoms with Crippen LogP contribution in [-0.4, -0.2) is 15.9 Å². The maximum Gasteiger partial charge on any atom is 0.251 e. The average Bonchev–Trinajstić information content (AvgIpc) is 3.18. The number of hydrogen-bond acceptors (Lipinski definition) is 5. The second-order valence-electron chi connectivity index (χ2n) is 6.91. The summed E-state index contributed by atoms with van der Waals surface area (Å²) in [6.07, 6.45) is 1.66. The summed E-state index contributed by atoms with van der Waals surface area (Å²) in [6, 6.07) is 20.3. The molecule has 30 heavy (non-hydrogen) atoms. The number of benzene rings is 2. The molecule has 0 atom stereocenters. The smallest absolute Gasteiger partial charge is 0.251 e. The van der Waals surface area contributed by atoms with E-state index in [1.165, 1.54) is 5.56 Å². The van der Waals surface area contributed by atoms with Gasteiger partial charge in [0.05, 0.1) is 6.54 Å². The van der Waals surface area contributed by atoms with E-state index in [1.54, 1.807) is 36.5 Å². The van der Waals surface area contributed by atoms with Crippen molar-refractivity contribution in [3.05, 3.63) is 95.6 Å². The number of amides is 1. The number of aryl methyl sites for hydroxylation is 2. The molecule has 0 fully saturated rings. The largest absolute Gasteiger partial charge is 0.465 e.